The average Bonchev–Trinajstić information content (AvgIpc) is 3.80. The molecule has 0 saturated heterocycles. The fraction of sp³-hybridized carbons (Fsp3) is 0. The Morgan fingerprint density at radius 2 is 0.887 bits per heavy atom. The van der Waals surface area contributed by atoms with E-state index >= 15 is 0 Å². The maximum absolute atomic E-state index is 9.76. The molecule has 0 radical (unpaired) electrons. The molecule has 0 aliphatic rings. The monoisotopic (exact) mass is 797 g/mol. The third kappa shape index (κ3) is 6.12. The van der Waals surface area contributed by atoms with E-state index in [1.165, 1.54) is 4.90 Å². The molecule has 62 heavy (non-hydrogen) atoms. The van der Waals surface area contributed by atoms with Crippen LogP contribution in [0.1, 0.15) is 11.0 Å². The van der Waals surface area contributed by atoms with Gasteiger partial charge in [-0.15, -0.1) is 0 Å². The second-order valence-electron chi connectivity index (χ2n) is 15.4. The summed E-state index contributed by atoms with van der Waals surface area (Å²) in [6.07, 6.45) is 0. The van der Waals surface area contributed by atoms with Crippen molar-refractivity contribution in [3.63, 3.8) is 0 Å². The average molecular weight is 798 g/mol. The van der Waals surface area contributed by atoms with Crippen LogP contribution in [0.2, 0.25) is 0 Å². The van der Waals surface area contributed by atoms with Crippen LogP contribution >= 0.6 is 0 Å². The lowest BCUT2D eigenvalue weighted by molar-refractivity contribution is 0.673. The molecule has 0 amide bonds. The molecule has 0 aliphatic carbocycles. The Labute approximate surface area is 371 Å². The topological polar surface area (TPSA) is 16.4 Å². The quantitative estimate of drug-likeness (QED) is 0.149. The minimum absolute atomic E-state index is 0.0972. The number of hydrogen-bond donors (Lipinski definition) is 0. The third-order valence-corrected chi connectivity index (χ3v) is 11.8. The number of anilines is 3. The Bertz CT molecular complexity index is 4040. The number of nitrogens with zero attached hydrogens (tertiary/aromatic N) is 1. The van der Waals surface area contributed by atoms with Gasteiger partial charge < -0.3 is 9.32 Å². The van der Waals surface area contributed by atoms with Crippen LogP contribution in [0.4, 0.5) is 17.1 Å². The van der Waals surface area contributed by atoms with Gasteiger partial charge in [0.1, 0.15) is 11.2 Å². The predicted octanol–water partition coefficient (Wildman–Crippen LogP) is 17.2. The molecule has 12 aromatic rings. The number of rotatable bonds is 7. The summed E-state index contributed by atoms with van der Waals surface area (Å²) in [5, 5.41) is 7.50. The maximum Gasteiger partial charge on any atom is 0.143 e. The van der Waals surface area contributed by atoms with Crippen LogP contribution in [-0.4, -0.2) is 0 Å². The molecule has 11 aromatic carbocycles. The van der Waals surface area contributed by atoms with Crippen LogP contribution in [0.15, 0.2) is 241 Å². The van der Waals surface area contributed by atoms with Crippen molar-refractivity contribution in [2.75, 3.05) is 4.90 Å². The molecule has 0 spiro atoms. The van der Waals surface area contributed by atoms with E-state index < -0.39 is 24.2 Å². The lowest BCUT2D eigenvalue weighted by Gasteiger charge is -2.26. The Balaban J connectivity index is 1.06. The van der Waals surface area contributed by atoms with Gasteiger partial charge in [-0.1, -0.05) is 182 Å². The van der Waals surface area contributed by atoms with Gasteiger partial charge in [0.05, 0.1) is 11.0 Å². The molecule has 0 bridgehead atoms. The second kappa shape index (κ2) is 14.8. The molecular formula is C60H39NO. The lowest BCUT2D eigenvalue weighted by atomic mass is 9.93. The van der Waals surface area contributed by atoms with Crippen molar-refractivity contribution >= 4 is 71.3 Å². The van der Waals surface area contributed by atoms with E-state index in [0.29, 0.717) is 16.8 Å². The van der Waals surface area contributed by atoms with E-state index in [1.54, 1.807) is 24.3 Å². The summed E-state index contributed by atoms with van der Waals surface area (Å²) in [6, 6.07) is 57.2. The van der Waals surface area contributed by atoms with Crippen molar-refractivity contribution in [2.24, 2.45) is 0 Å². The van der Waals surface area contributed by atoms with Crippen molar-refractivity contribution in [3.05, 3.63) is 236 Å². The smallest absolute Gasteiger partial charge is 0.143 e. The van der Waals surface area contributed by atoms with Crippen molar-refractivity contribution < 1.29 is 15.4 Å². The van der Waals surface area contributed by atoms with Gasteiger partial charge in [0.25, 0.3) is 0 Å². The molecule has 1 heterocycles. The van der Waals surface area contributed by atoms with Gasteiger partial charge in [0, 0.05) is 33.2 Å². The summed E-state index contributed by atoms with van der Waals surface area (Å²) in [5.74, 6) is 0. The first-order valence-corrected chi connectivity index (χ1v) is 20.6. The lowest BCUT2D eigenvalue weighted by Crippen LogP contribution is -2.09. The standard InChI is InChI=1S/C60H39NO/c1-2-11-40(12-3-1)41-21-23-42(24-22-41)43-25-32-48(33-26-43)61(50-36-29-46(30-37-50)57-39-47-14-5-6-15-51(47)54-17-8-9-18-55(54)57)49-34-27-45(28-35-49)52-19-10-20-58-59(52)56-38-31-44-13-4-7-16-53(44)60(56)62-58/h1-39H/i25D,26D,29D,30D,32D,33D,36D,37D. The van der Waals surface area contributed by atoms with Crippen LogP contribution in [-0.2, 0) is 0 Å². The van der Waals surface area contributed by atoms with Gasteiger partial charge in [-0.3, -0.25) is 0 Å². The first-order valence-electron chi connectivity index (χ1n) is 24.6. The molecule has 2 heteroatoms. The van der Waals surface area contributed by atoms with E-state index in [2.05, 4.69) is 18.2 Å². The number of hydrogen-bond acceptors (Lipinski definition) is 2. The molecule has 0 fully saturated rings. The number of fused-ring (bicyclic) bond motifs is 8. The Morgan fingerprint density at radius 1 is 0.323 bits per heavy atom. The zero-order valence-corrected chi connectivity index (χ0v) is 33.3. The summed E-state index contributed by atoms with van der Waals surface area (Å²) in [5.41, 5.74) is 6.25. The molecule has 12 rings (SSSR count). The minimum Gasteiger partial charge on any atom is -0.455 e. The Morgan fingerprint density at radius 3 is 1.61 bits per heavy atom. The summed E-state index contributed by atoms with van der Waals surface area (Å²) >= 11 is 0. The highest BCUT2D eigenvalue weighted by Gasteiger charge is 2.18. The van der Waals surface area contributed by atoms with E-state index in [-0.39, 0.29) is 46.7 Å². The first-order chi connectivity index (χ1) is 34.1. The largest absolute Gasteiger partial charge is 0.455 e. The van der Waals surface area contributed by atoms with Crippen molar-refractivity contribution in [2.45, 2.75) is 0 Å². The maximum atomic E-state index is 9.76. The molecule has 2 nitrogen and oxygen atoms in total. The van der Waals surface area contributed by atoms with Crippen LogP contribution < -0.4 is 4.90 Å². The molecular weight excluding hydrogens is 751 g/mol. The summed E-state index contributed by atoms with van der Waals surface area (Å²) in [6.45, 7) is 0. The van der Waals surface area contributed by atoms with Crippen molar-refractivity contribution in [1.29, 1.82) is 0 Å². The van der Waals surface area contributed by atoms with E-state index in [1.807, 2.05) is 146 Å². The van der Waals surface area contributed by atoms with Crippen LogP contribution in [0.5, 0.6) is 0 Å². The molecule has 0 atom stereocenters. The van der Waals surface area contributed by atoms with Gasteiger partial charge in [0.15, 0.2) is 0 Å². The third-order valence-electron chi connectivity index (χ3n) is 11.8. The molecule has 0 N–H and O–H groups in total. The highest BCUT2D eigenvalue weighted by molar-refractivity contribution is 6.19. The van der Waals surface area contributed by atoms with Crippen molar-refractivity contribution in [3.8, 4) is 44.5 Å². The van der Waals surface area contributed by atoms with E-state index in [9.17, 15) is 11.0 Å². The van der Waals surface area contributed by atoms with E-state index in [4.69, 9.17) is 4.42 Å². The molecule has 1 aromatic heterocycles. The summed E-state index contributed by atoms with van der Waals surface area (Å²) in [7, 11) is 0. The zero-order valence-electron chi connectivity index (χ0n) is 41.3. The predicted molar refractivity (Wildman–Crippen MR) is 263 cm³/mol. The number of furan rings is 1. The van der Waals surface area contributed by atoms with Crippen LogP contribution in [0.3, 0.4) is 0 Å². The highest BCUT2D eigenvalue weighted by atomic mass is 16.3. The SMILES string of the molecule is [2H]c1c([2H])c(N(c2ccc(-c3cccc4oc5c6ccccc6ccc5c34)cc2)c2c([2H])c([2H])c(-c3cc4ccccc4c4ccccc34)c([2H])c2[2H])c([2H])c([2H])c1-c1ccc(-c2ccccc2)cc1. The summed E-state index contributed by atoms with van der Waals surface area (Å²) < 4.78 is 83.5. The van der Waals surface area contributed by atoms with Gasteiger partial charge in [-0.25, -0.2) is 0 Å². The van der Waals surface area contributed by atoms with Gasteiger partial charge in [-0.2, -0.15) is 0 Å². The summed E-state index contributed by atoms with van der Waals surface area (Å²) in [4.78, 5) is 1.36. The minimum atomic E-state index is -0.407. The fourth-order valence-electron chi connectivity index (χ4n) is 8.79. The molecule has 0 aliphatic heterocycles. The van der Waals surface area contributed by atoms with Crippen LogP contribution in [0.25, 0.3) is 98.8 Å². The second-order valence-corrected chi connectivity index (χ2v) is 15.4. The Kier molecular flexibility index (Phi) is 6.76. The molecule has 0 saturated carbocycles. The normalized spacial score (nSPS) is 13.4. The first kappa shape index (κ1) is 28.3. The molecule has 290 valence electrons. The van der Waals surface area contributed by atoms with Crippen LogP contribution in [0, 0.1) is 0 Å². The Hall–Kier alpha value is -8.20. The fourth-order valence-corrected chi connectivity index (χ4v) is 8.79. The van der Waals surface area contributed by atoms with Gasteiger partial charge >= 0.3 is 0 Å². The van der Waals surface area contributed by atoms with Gasteiger partial charge in [0.2, 0.25) is 0 Å². The van der Waals surface area contributed by atoms with Crippen molar-refractivity contribution in [1.82, 2.24) is 0 Å². The zero-order chi connectivity index (χ0) is 47.9. The van der Waals surface area contributed by atoms with Gasteiger partial charge in [-0.05, 0) is 126 Å². The molecule has 0 unspecified atom stereocenters. The number of benzene rings is 11. The van der Waals surface area contributed by atoms with E-state index in [0.717, 1.165) is 76.5 Å². The highest BCUT2D eigenvalue weighted by Crippen LogP contribution is 2.43.